The van der Waals surface area contributed by atoms with E-state index in [1.165, 1.54) is 0 Å². The van der Waals surface area contributed by atoms with Gasteiger partial charge in [0.2, 0.25) is 12.7 Å². The molecule has 2 fully saturated rings. The molecule has 0 unspecified atom stereocenters. The van der Waals surface area contributed by atoms with Crippen LogP contribution in [0.2, 0.25) is 0 Å². The molecule has 4 rings (SSSR count). The number of anilines is 1. The van der Waals surface area contributed by atoms with Crippen molar-refractivity contribution < 1.29 is 28.7 Å². The number of nitrogens with zero attached hydrogens (tertiary/aromatic N) is 3. The Labute approximate surface area is 173 Å². The molecule has 0 aliphatic carbocycles. The Morgan fingerprint density at radius 3 is 2.50 bits per heavy atom. The Balaban J connectivity index is 1.28. The van der Waals surface area contributed by atoms with E-state index in [9.17, 15) is 19.2 Å². The van der Waals surface area contributed by atoms with Crippen LogP contribution in [0, 0.1) is 5.92 Å². The van der Waals surface area contributed by atoms with Crippen LogP contribution in [-0.4, -0.2) is 71.5 Å². The van der Waals surface area contributed by atoms with E-state index in [-0.39, 0.29) is 31.8 Å². The van der Waals surface area contributed by atoms with E-state index in [2.05, 4.69) is 5.32 Å². The van der Waals surface area contributed by atoms with E-state index in [0.717, 1.165) is 9.80 Å². The molecule has 30 heavy (non-hydrogen) atoms. The van der Waals surface area contributed by atoms with E-state index in [1.54, 1.807) is 18.2 Å². The molecule has 3 heterocycles. The van der Waals surface area contributed by atoms with Gasteiger partial charge in [-0.05, 0) is 31.4 Å². The van der Waals surface area contributed by atoms with Gasteiger partial charge in [-0.15, -0.1) is 0 Å². The summed E-state index contributed by atoms with van der Waals surface area (Å²) >= 11 is 0. The molecule has 0 spiro atoms. The summed E-state index contributed by atoms with van der Waals surface area (Å²) < 4.78 is 10.6. The third-order valence-electron chi connectivity index (χ3n) is 5.52. The van der Waals surface area contributed by atoms with Crippen LogP contribution < -0.4 is 14.8 Å². The zero-order valence-corrected chi connectivity index (χ0v) is 16.8. The highest BCUT2D eigenvalue weighted by molar-refractivity contribution is 6.44. The first-order chi connectivity index (χ1) is 14.5. The topological polar surface area (TPSA) is 108 Å². The maximum absolute atomic E-state index is 12.6. The maximum atomic E-state index is 12.6. The monoisotopic (exact) mass is 416 g/mol. The summed E-state index contributed by atoms with van der Waals surface area (Å²) in [5.41, 5.74) is 0.648. The van der Waals surface area contributed by atoms with Crippen molar-refractivity contribution in [2.75, 3.05) is 38.4 Å². The van der Waals surface area contributed by atoms with Crippen molar-refractivity contribution in [2.45, 2.75) is 26.2 Å². The summed E-state index contributed by atoms with van der Waals surface area (Å²) in [7, 11) is 0. The second-order valence-electron chi connectivity index (χ2n) is 7.56. The van der Waals surface area contributed by atoms with E-state index in [0.29, 0.717) is 49.5 Å². The number of carbonyl (C=O) groups is 4. The smallest absolute Gasteiger partial charge is 0.335 e. The number of amides is 5. The molecule has 3 aliphatic heterocycles. The Hall–Kier alpha value is -3.14. The van der Waals surface area contributed by atoms with E-state index < -0.39 is 17.8 Å². The minimum Gasteiger partial charge on any atom is -0.454 e. The molecule has 0 saturated carbocycles. The molecule has 3 aliphatic rings. The fraction of sp³-hybridized carbons (Fsp3) is 0.500. The summed E-state index contributed by atoms with van der Waals surface area (Å²) in [5.74, 6) is -0.533. The standard InChI is InChI=1S/C20H24N4O6/c1-2-7-23-18(26)19(27)24(20(23)28)11-22-8-5-13(6-9-22)17(25)21-14-3-4-15-16(10-14)30-12-29-15/h3-4,10,13H,2,5-9,11-12H2,1H3,(H,21,25). The van der Waals surface area contributed by atoms with Crippen molar-refractivity contribution in [2.24, 2.45) is 5.92 Å². The van der Waals surface area contributed by atoms with E-state index >= 15 is 0 Å². The van der Waals surface area contributed by atoms with Crippen LogP contribution in [0.25, 0.3) is 0 Å². The SMILES string of the molecule is CCCN1C(=O)C(=O)N(CN2CCC(C(=O)Nc3ccc4c(c3)OCO4)CC2)C1=O. The first-order valence-electron chi connectivity index (χ1n) is 10.1. The van der Waals surface area contributed by atoms with Crippen molar-refractivity contribution in [3.05, 3.63) is 18.2 Å². The number of carbonyl (C=O) groups excluding carboxylic acids is 4. The molecular formula is C20H24N4O6. The zero-order valence-electron chi connectivity index (χ0n) is 16.8. The van der Waals surface area contributed by atoms with Crippen LogP contribution in [0.15, 0.2) is 18.2 Å². The molecule has 5 amide bonds. The summed E-state index contributed by atoms with van der Waals surface area (Å²) in [6.07, 6.45) is 1.79. The van der Waals surface area contributed by atoms with Gasteiger partial charge < -0.3 is 14.8 Å². The van der Waals surface area contributed by atoms with Gasteiger partial charge in [0.15, 0.2) is 11.5 Å². The third kappa shape index (κ3) is 3.82. The number of fused-ring (bicyclic) bond motifs is 1. The van der Waals surface area contributed by atoms with Crippen molar-refractivity contribution in [1.82, 2.24) is 14.7 Å². The minimum absolute atomic E-state index is 0.0696. The summed E-state index contributed by atoms with van der Waals surface area (Å²) in [6, 6.07) is 4.70. The number of imide groups is 2. The molecule has 1 aromatic rings. The molecule has 0 atom stereocenters. The first-order valence-corrected chi connectivity index (χ1v) is 10.1. The van der Waals surface area contributed by atoms with Crippen molar-refractivity contribution >= 4 is 29.4 Å². The molecule has 0 radical (unpaired) electrons. The van der Waals surface area contributed by atoms with Gasteiger partial charge in [0.1, 0.15) is 0 Å². The number of piperidine rings is 1. The average molecular weight is 416 g/mol. The van der Waals surface area contributed by atoms with E-state index in [1.807, 2.05) is 11.8 Å². The van der Waals surface area contributed by atoms with Crippen LogP contribution >= 0.6 is 0 Å². The lowest BCUT2D eigenvalue weighted by Crippen LogP contribution is -2.46. The highest BCUT2D eigenvalue weighted by Gasteiger charge is 2.44. The second-order valence-corrected chi connectivity index (χ2v) is 7.56. The number of ether oxygens (including phenoxy) is 2. The van der Waals surface area contributed by atoms with E-state index in [4.69, 9.17) is 9.47 Å². The van der Waals surface area contributed by atoms with Crippen LogP contribution in [-0.2, 0) is 14.4 Å². The largest absolute Gasteiger partial charge is 0.454 e. The summed E-state index contributed by atoms with van der Waals surface area (Å²) in [5, 5.41) is 2.91. The lowest BCUT2D eigenvalue weighted by Gasteiger charge is -2.32. The lowest BCUT2D eigenvalue weighted by atomic mass is 9.96. The lowest BCUT2D eigenvalue weighted by molar-refractivity contribution is -0.144. The molecule has 10 nitrogen and oxygen atoms in total. The summed E-state index contributed by atoms with van der Waals surface area (Å²) in [6.45, 7) is 3.43. The predicted octanol–water partition coefficient (Wildman–Crippen LogP) is 1.22. The highest BCUT2D eigenvalue weighted by Crippen LogP contribution is 2.34. The minimum atomic E-state index is -0.781. The molecule has 1 N–H and O–H groups in total. The summed E-state index contributed by atoms with van der Waals surface area (Å²) in [4.78, 5) is 53.0. The molecule has 2 saturated heterocycles. The Morgan fingerprint density at radius 2 is 1.77 bits per heavy atom. The normalized spacial score (nSPS) is 19.7. The van der Waals surface area contributed by atoms with Gasteiger partial charge in [0, 0.05) is 37.3 Å². The van der Waals surface area contributed by atoms with Gasteiger partial charge in [0.05, 0.1) is 6.67 Å². The molecule has 1 aromatic carbocycles. The number of urea groups is 1. The van der Waals surface area contributed by atoms with Gasteiger partial charge in [0.25, 0.3) is 0 Å². The van der Waals surface area contributed by atoms with Crippen LogP contribution in [0.5, 0.6) is 11.5 Å². The zero-order chi connectivity index (χ0) is 21.3. The third-order valence-corrected chi connectivity index (χ3v) is 5.52. The molecule has 10 heteroatoms. The number of hydrogen-bond acceptors (Lipinski definition) is 7. The molecule has 0 bridgehead atoms. The van der Waals surface area contributed by atoms with Gasteiger partial charge in [-0.2, -0.15) is 0 Å². The fourth-order valence-corrected chi connectivity index (χ4v) is 3.85. The molecule has 160 valence electrons. The van der Waals surface area contributed by atoms with Gasteiger partial charge in [-0.1, -0.05) is 6.92 Å². The van der Waals surface area contributed by atoms with Gasteiger partial charge in [-0.3, -0.25) is 24.2 Å². The van der Waals surface area contributed by atoms with Crippen LogP contribution in [0.1, 0.15) is 26.2 Å². The van der Waals surface area contributed by atoms with Gasteiger partial charge in [-0.25, -0.2) is 9.69 Å². The Bertz CT molecular complexity index is 880. The van der Waals surface area contributed by atoms with Crippen molar-refractivity contribution in [1.29, 1.82) is 0 Å². The Kier molecular flexibility index (Phi) is 5.58. The predicted molar refractivity (Wildman–Crippen MR) is 105 cm³/mol. The number of rotatable bonds is 6. The van der Waals surface area contributed by atoms with Gasteiger partial charge >= 0.3 is 17.8 Å². The molecular weight excluding hydrogens is 392 g/mol. The maximum Gasteiger partial charge on any atom is 0.335 e. The second kappa shape index (κ2) is 8.31. The Morgan fingerprint density at radius 1 is 1.07 bits per heavy atom. The van der Waals surface area contributed by atoms with Crippen molar-refractivity contribution in [3.63, 3.8) is 0 Å². The quantitative estimate of drug-likeness (QED) is 0.549. The van der Waals surface area contributed by atoms with Crippen LogP contribution in [0.4, 0.5) is 10.5 Å². The average Bonchev–Trinajstić information content (AvgIpc) is 3.29. The number of likely N-dealkylation sites (tertiary alicyclic amines) is 1. The van der Waals surface area contributed by atoms with Crippen molar-refractivity contribution in [3.8, 4) is 11.5 Å². The van der Waals surface area contributed by atoms with Crippen LogP contribution in [0.3, 0.4) is 0 Å². The fourth-order valence-electron chi connectivity index (χ4n) is 3.85. The number of benzene rings is 1. The first kappa shape index (κ1) is 20.1. The number of hydrogen-bond donors (Lipinski definition) is 1. The molecule has 0 aromatic heterocycles. The number of nitrogens with one attached hydrogen (secondary N) is 1. The highest BCUT2D eigenvalue weighted by atomic mass is 16.7.